The van der Waals surface area contributed by atoms with Crippen LogP contribution in [0.5, 0.6) is 0 Å². The molecule has 0 aliphatic carbocycles. The fourth-order valence-corrected chi connectivity index (χ4v) is 2.54. The number of hydrogen-bond donors (Lipinski definition) is 3. The van der Waals surface area contributed by atoms with Gasteiger partial charge in [0, 0.05) is 34.3 Å². The van der Waals surface area contributed by atoms with E-state index in [0.717, 1.165) is 25.8 Å². The van der Waals surface area contributed by atoms with Crippen molar-refractivity contribution in [1.82, 2.24) is 5.32 Å². The van der Waals surface area contributed by atoms with E-state index >= 15 is 0 Å². The molecule has 108 valence electrons. The predicted octanol–water partition coefficient (Wildman–Crippen LogP) is 1.29. The highest BCUT2D eigenvalue weighted by molar-refractivity contribution is 7.84. The molecule has 2 unspecified atom stereocenters. The average molecular weight is 277 g/mol. The standard InChI is InChI=1S/C12H27N3O2S/c1-10(9-18(4)17)14-8-6-5-7-12(2,3)11(13)15-16/h10,14,16H,5-9H2,1-4H3,(H2,13,15). The maximum absolute atomic E-state index is 11.0. The highest BCUT2D eigenvalue weighted by Gasteiger charge is 2.22. The van der Waals surface area contributed by atoms with Gasteiger partial charge >= 0.3 is 0 Å². The summed E-state index contributed by atoms with van der Waals surface area (Å²) in [5.41, 5.74) is 5.36. The topological polar surface area (TPSA) is 87.7 Å². The molecule has 4 N–H and O–H groups in total. The monoisotopic (exact) mass is 277 g/mol. The Labute approximate surface area is 113 Å². The van der Waals surface area contributed by atoms with Crippen LogP contribution >= 0.6 is 0 Å². The van der Waals surface area contributed by atoms with Crippen LogP contribution in [0.3, 0.4) is 0 Å². The fourth-order valence-electron chi connectivity index (χ4n) is 1.71. The van der Waals surface area contributed by atoms with Gasteiger partial charge in [-0.25, -0.2) is 0 Å². The summed E-state index contributed by atoms with van der Waals surface area (Å²) in [6, 6.07) is 0.285. The second kappa shape index (κ2) is 8.48. The molecule has 18 heavy (non-hydrogen) atoms. The zero-order chi connectivity index (χ0) is 14.2. The quantitative estimate of drug-likeness (QED) is 0.195. The molecular formula is C12H27N3O2S. The van der Waals surface area contributed by atoms with Crippen LogP contribution in [0.1, 0.15) is 40.0 Å². The SMILES string of the molecule is CC(CS(C)=O)NCCCCC(C)(C)C(N)=NO. The number of oxime groups is 1. The molecule has 0 saturated heterocycles. The van der Waals surface area contributed by atoms with Gasteiger partial charge < -0.3 is 16.3 Å². The Morgan fingerprint density at radius 1 is 1.50 bits per heavy atom. The minimum Gasteiger partial charge on any atom is -0.409 e. The van der Waals surface area contributed by atoms with E-state index in [4.69, 9.17) is 10.9 Å². The molecule has 0 radical (unpaired) electrons. The number of nitrogens with one attached hydrogen (secondary N) is 1. The molecule has 0 aromatic heterocycles. The number of nitrogens with zero attached hydrogens (tertiary/aromatic N) is 1. The molecule has 0 saturated carbocycles. The van der Waals surface area contributed by atoms with Crippen molar-refractivity contribution in [2.75, 3.05) is 18.6 Å². The lowest BCUT2D eigenvalue weighted by molar-refractivity contribution is 0.304. The zero-order valence-corrected chi connectivity index (χ0v) is 12.7. The summed E-state index contributed by atoms with van der Waals surface area (Å²) in [4.78, 5) is 0. The van der Waals surface area contributed by atoms with Gasteiger partial charge in [0.2, 0.25) is 0 Å². The van der Waals surface area contributed by atoms with Crippen LogP contribution in [0, 0.1) is 5.41 Å². The Bertz CT molecular complexity index is 293. The van der Waals surface area contributed by atoms with Crippen LogP contribution in [0.15, 0.2) is 5.16 Å². The molecule has 0 aromatic carbocycles. The first-order chi connectivity index (χ1) is 8.29. The molecule has 5 nitrogen and oxygen atoms in total. The third kappa shape index (κ3) is 7.66. The first-order valence-corrected chi connectivity index (χ1v) is 8.03. The smallest absolute Gasteiger partial charge is 0.144 e. The van der Waals surface area contributed by atoms with E-state index in [1.54, 1.807) is 6.26 Å². The second-order valence-electron chi connectivity index (χ2n) is 5.42. The van der Waals surface area contributed by atoms with Crippen LogP contribution < -0.4 is 11.1 Å². The van der Waals surface area contributed by atoms with Crippen molar-refractivity contribution in [3.05, 3.63) is 0 Å². The third-order valence-electron chi connectivity index (χ3n) is 3.01. The Morgan fingerprint density at radius 3 is 2.61 bits per heavy atom. The van der Waals surface area contributed by atoms with Crippen molar-refractivity contribution in [3.63, 3.8) is 0 Å². The third-order valence-corrected chi connectivity index (χ3v) is 3.98. The van der Waals surface area contributed by atoms with Crippen LogP contribution in [-0.4, -0.2) is 39.8 Å². The number of nitrogens with two attached hydrogens (primary N) is 1. The van der Waals surface area contributed by atoms with E-state index in [1.807, 2.05) is 20.8 Å². The minimum absolute atomic E-state index is 0.259. The summed E-state index contributed by atoms with van der Waals surface area (Å²) in [7, 11) is -0.747. The molecule has 0 aliphatic rings. The van der Waals surface area contributed by atoms with Gasteiger partial charge in [0.15, 0.2) is 0 Å². The van der Waals surface area contributed by atoms with Gasteiger partial charge in [-0.3, -0.25) is 4.21 Å². The predicted molar refractivity (Wildman–Crippen MR) is 77.4 cm³/mol. The molecule has 0 rings (SSSR count). The van der Waals surface area contributed by atoms with Crippen LogP contribution in [0.2, 0.25) is 0 Å². The maximum Gasteiger partial charge on any atom is 0.144 e. The first-order valence-electron chi connectivity index (χ1n) is 6.31. The lowest BCUT2D eigenvalue weighted by atomic mass is 9.86. The van der Waals surface area contributed by atoms with Gasteiger partial charge in [0.25, 0.3) is 0 Å². The van der Waals surface area contributed by atoms with Crippen molar-refractivity contribution in [2.24, 2.45) is 16.3 Å². The first kappa shape index (κ1) is 17.4. The van der Waals surface area contributed by atoms with Crippen molar-refractivity contribution in [1.29, 1.82) is 0 Å². The molecule has 6 heteroatoms. The lowest BCUT2D eigenvalue weighted by Gasteiger charge is -2.22. The highest BCUT2D eigenvalue weighted by atomic mass is 32.2. The van der Waals surface area contributed by atoms with Crippen molar-refractivity contribution in [3.8, 4) is 0 Å². The summed E-state index contributed by atoms with van der Waals surface area (Å²) >= 11 is 0. The Hall–Kier alpha value is -0.620. The number of amidine groups is 1. The summed E-state index contributed by atoms with van der Waals surface area (Å²) in [5.74, 6) is 0.973. The molecule has 0 aliphatic heterocycles. The average Bonchev–Trinajstić information content (AvgIpc) is 2.26. The van der Waals surface area contributed by atoms with Crippen LogP contribution in [0.25, 0.3) is 0 Å². The van der Waals surface area contributed by atoms with Crippen LogP contribution in [-0.2, 0) is 10.8 Å². The summed E-state index contributed by atoms with van der Waals surface area (Å²) < 4.78 is 11.0. The van der Waals surface area contributed by atoms with Crippen molar-refractivity contribution in [2.45, 2.75) is 46.1 Å². The summed E-state index contributed by atoms with van der Waals surface area (Å²) in [6.07, 6.45) is 4.65. The van der Waals surface area contributed by atoms with E-state index in [2.05, 4.69) is 10.5 Å². The number of unbranched alkanes of at least 4 members (excludes halogenated alkanes) is 1. The number of hydrogen-bond acceptors (Lipinski definition) is 4. The largest absolute Gasteiger partial charge is 0.409 e. The number of rotatable bonds is 9. The van der Waals surface area contributed by atoms with Gasteiger partial charge in [-0.1, -0.05) is 25.4 Å². The summed E-state index contributed by atoms with van der Waals surface area (Å²) in [5, 5.41) is 15.1. The molecular weight excluding hydrogens is 250 g/mol. The second-order valence-corrected chi connectivity index (χ2v) is 6.90. The van der Waals surface area contributed by atoms with E-state index in [-0.39, 0.29) is 17.3 Å². The van der Waals surface area contributed by atoms with E-state index < -0.39 is 10.8 Å². The molecule has 0 spiro atoms. The molecule has 2 atom stereocenters. The Balaban J connectivity index is 3.72. The molecule has 0 bridgehead atoms. The highest BCUT2D eigenvalue weighted by Crippen LogP contribution is 2.23. The molecule has 0 heterocycles. The van der Waals surface area contributed by atoms with Crippen molar-refractivity contribution >= 4 is 16.6 Å². The molecule has 0 fully saturated rings. The van der Waals surface area contributed by atoms with E-state index in [1.165, 1.54) is 0 Å². The Kier molecular flexibility index (Phi) is 8.18. The van der Waals surface area contributed by atoms with Crippen LogP contribution in [0.4, 0.5) is 0 Å². The normalized spacial score (nSPS) is 16.6. The lowest BCUT2D eigenvalue weighted by Crippen LogP contribution is -2.33. The maximum atomic E-state index is 11.0. The van der Waals surface area contributed by atoms with Crippen molar-refractivity contribution < 1.29 is 9.42 Å². The Morgan fingerprint density at radius 2 is 2.11 bits per heavy atom. The molecule has 0 amide bonds. The zero-order valence-electron chi connectivity index (χ0n) is 11.9. The fraction of sp³-hybridized carbons (Fsp3) is 0.917. The summed E-state index contributed by atoms with van der Waals surface area (Å²) in [6.45, 7) is 6.89. The molecule has 0 aromatic rings. The van der Waals surface area contributed by atoms with Gasteiger partial charge in [-0.2, -0.15) is 0 Å². The van der Waals surface area contributed by atoms with Gasteiger partial charge in [0.05, 0.1) is 0 Å². The van der Waals surface area contributed by atoms with Gasteiger partial charge in [-0.05, 0) is 26.3 Å². The van der Waals surface area contributed by atoms with Gasteiger partial charge in [0.1, 0.15) is 5.84 Å². The van der Waals surface area contributed by atoms with Gasteiger partial charge in [-0.15, -0.1) is 0 Å². The minimum atomic E-state index is -0.747. The van der Waals surface area contributed by atoms with E-state index in [0.29, 0.717) is 5.75 Å². The van der Waals surface area contributed by atoms with E-state index in [9.17, 15) is 4.21 Å².